The Kier molecular flexibility index (Phi) is 7.01. The molecule has 3 aliphatic carbocycles. The van der Waals surface area contributed by atoms with E-state index in [1.54, 1.807) is 14.2 Å². The first-order valence-electron chi connectivity index (χ1n) is 11.8. The molecule has 1 aromatic carbocycles. The van der Waals surface area contributed by atoms with E-state index in [2.05, 4.69) is 23.1 Å². The summed E-state index contributed by atoms with van der Waals surface area (Å²) < 4.78 is 10.8. The van der Waals surface area contributed by atoms with Crippen LogP contribution in [0.2, 0.25) is 0 Å². The lowest BCUT2D eigenvalue weighted by atomic mass is 9.92. The molecular weight excluding hydrogens is 374 g/mol. The van der Waals surface area contributed by atoms with Crippen LogP contribution in [-0.2, 0) is 11.2 Å². The largest absolute Gasteiger partial charge is 0.493 e. The molecular formula is C26H37NO3. The van der Waals surface area contributed by atoms with Gasteiger partial charge in [-0.25, -0.2) is 0 Å². The Hall–Kier alpha value is -1.97. The summed E-state index contributed by atoms with van der Waals surface area (Å²) in [6, 6.07) is 6.09. The van der Waals surface area contributed by atoms with E-state index >= 15 is 0 Å². The van der Waals surface area contributed by atoms with Crippen LogP contribution in [0.15, 0.2) is 30.4 Å². The molecule has 4 rings (SSSR count). The SMILES string of the molecule is COc1ccc(CCN(C[C@H]2C[C@@H]3C=C[C@H]2C3)C(=O)CCC2CCCC2)cc1OC. The minimum atomic E-state index is 0.356. The molecule has 4 nitrogen and oxygen atoms in total. The van der Waals surface area contributed by atoms with Gasteiger partial charge in [0.05, 0.1) is 14.2 Å². The molecule has 0 aliphatic heterocycles. The number of hydrogen-bond acceptors (Lipinski definition) is 3. The summed E-state index contributed by atoms with van der Waals surface area (Å²) in [7, 11) is 3.33. The molecule has 0 saturated heterocycles. The van der Waals surface area contributed by atoms with Crippen LogP contribution >= 0.6 is 0 Å². The standard InChI is InChI=1S/C26H37NO3/c1-29-24-11-8-20(17-25(24)30-2)13-14-27(18-23-16-21-7-10-22(23)15-21)26(28)12-9-19-5-3-4-6-19/h7-8,10-11,17,19,21-23H,3-6,9,12-16,18H2,1-2H3/t21-,22+,23-/m1/s1. The number of methoxy groups -OCH3 is 2. The number of rotatable bonds is 10. The molecule has 1 amide bonds. The monoisotopic (exact) mass is 411 g/mol. The predicted molar refractivity (Wildman–Crippen MR) is 120 cm³/mol. The van der Waals surface area contributed by atoms with Crippen molar-refractivity contribution in [2.24, 2.45) is 23.7 Å². The van der Waals surface area contributed by atoms with Crippen molar-refractivity contribution in [3.8, 4) is 11.5 Å². The van der Waals surface area contributed by atoms with Crippen molar-refractivity contribution >= 4 is 5.91 Å². The number of carbonyl (C=O) groups is 1. The number of ether oxygens (including phenoxy) is 2. The number of fused-ring (bicyclic) bond motifs is 2. The highest BCUT2D eigenvalue weighted by atomic mass is 16.5. The second-order valence-electron chi connectivity index (χ2n) is 9.51. The zero-order valence-corrected chi connectivity index (χ0v) is 18.6. The van der Waals surface area contributed by atoms with Gasteiger partial charge >= 0.3 is 0 Å². The van der Waals surface area contributed by atoms with Crippen LogP contribution in [0.25, 0.3) is 0 Å². The highest BCUT2D eigenvalue weighted by Gasteiger charge is 2.37. The maximum absolute atomic E-state index is 13.2. The van der Waals surface area contributed by atoms with Crippen molar-refractivity contribution in [3.63, 3.8) is 0 Å². The minimum absolute atomic E-state index is 0.356. The highest BCUT2D eigenvalue weighted by molar-refractivity contribution is 5.76. The highest BCUT2D eigenvalue weighted by Crippen LogP contribution is 2.43. The Morgan fingerprint density at radius 2 is 1.87 bits per heavy atom. The van der Waals surface area contributed by atoms with Gasteiger partial charge in [-0.2, -0.15) is 0 Å². The zero-order chi connectivity index (χ0) is 20.9. The Morgan fingerprint density at radius 1 is 1.07 bits per heavy atom. The fraction of sp³-hybridized carbons (Fsp3) is 0.654. The Labute approximate surface area is 181 Å². The number of amides is 1. The van der Waals surface area contributed by atoms with Crippen LogP contribution < -0.4 is 9.47 Å². The summed E-state index contributed by atoms with van der Waals surface area (Å²) in [5.74, 6) is 4.71. The molecule has 3 aliphatic rings. The first-order chi connectivity index (χ1) is 14.7. The lowest BCUT2D eigenvalue weighted by Crippen LogP contribution is -2.38. The lowest BCUT2D eigenvalue weighted by molar-refractivity contribution is -0.132. The van der Waals surface area contributed by atoms with Crippen molar-refractivity contribution in [3.05, 3.63) is 35.9 Å². The predicted octanol–water partition coefficient (Wildman–Crippen LogP) is 5.26. The average molecular weight is 412 g/mol. The molecule has 0 N–H and O–H groups in total. The zero-order valence-electron chi connectivity index (χ0n) is 18.6. The number of nitrogens with zero attached hydrogens (tertiary/aromatic N) is 1. The molecule has 2 fully saturated rings. The molecule has 0 heterocycles. The third-order valence-corrected chi connectivity index (χ3v) is 7.58. The Morgan fingerprint density at radius 3 is 2.53 bits per heavy atom. The molecule has 164 valence electrons. The van der Waals surface area contributed by atoms with E-state index in [1.165, 1.54) is 44.1 Å². The van der Waals surface area contributed by atoms with Gasteiger partial charge in [0.25, 0.3) is 0 Å². The summed E-state index contributed by atoms with van der Waals surface area (Å²) in [6.07, 6.45) is 15.3. The van der Waals surface area contributed by atoms with Crippen LogP contribution in [0.5, 0.6) is 11.5 Å². The second-order valence-corrected chi connectivity index (χ2v) is 9.51. The Bertz CT molecular complexity index is 753. The second kappa shape index (κ2) is 9.89. The third-order valence-electron chi connectivity index (χ3n) is 7.58. The van der Waals surface area contributed by atoms with Gasteiger partial charge in [0.1, 0.15) is 0 Å². The van der Waals surface area contributed by atoms with Crippen molar-refractivity contribution in [2.45, 2.75) is 57.8 Å². The van der Waals surface area contributed by atoms with Gasteiger partial charge in [0.2, 0.25) is 5.91 Å². The van der Waals surface area contributed by atoms with Crippen molar-refractivity contribution in [1.82, 2.24) is 4.90 Å². The van der Waals surface area contributed by atoms with Crippen LogP contribution in [0.3, 0.4) is 0 Å². The van der Waals surface area contributed by atoms with E-state index in [0.29, 0.717) is 24.2 Å². The van der Waals surface area contributed by atoms with Gasteiger partial charge in [-0.1, -0.05) is 43.9 Å². The fourth-order valence-electron chi connectivity index (χ4n) is 5.79. The van der Waals surface area contributed by atoms with Crippen LogP contribution in [0.4, 0.5) is 0 Å². The number of carbonyl (C=O) groups excluding carboxylic acids is 1. The molecule has 0 aromatic heterocycles. The number of benzene rings is 1. The van der Waals surface area contributed by atoms with Crippen LogP contribution in [0, 0.1) is 23.7 Å². The maximum Gasteiger partial charge on any atom is 0.222 e. The molecule has 0 radical (unpaired) electrons. The minimum Gasteiger partial charge on any atom is -0.493 e. The molecule has 0 spiro atoms. The summed E-state index contributed by atoms with van der Waals surface area (Å²) in [4.78, 5) is 15.4. The topological polar surface area (TPSA) is 38.8 Å². The molecule has 3 atom stereocenters. The molecule has 0 unspecified atom stereocenters. The Balaban J connectivity index is 1.38. The van der Waals surface area contributed by atoms with E-state index in [1.807, 2.05) is 12.1 Å². The van der Waals surface area contributed by atoms with Crippen LogP contribution in [0.1, 0.15) is 56.9 Å². The van der Waals surface area contributed by atoms with E-state index in [0.717, 1.165) is 49.3 Å². The average Bonchev–Trinajstić information content (AvgIpc) is 3.53. The summed E-state index contributed by atoms with van der Waals surface area (Å²) in [5, 5.41) is 0. The normalized spacial score (nSPS) is 25.1. The maximum atomic E-state index is 13.2. The number of hydrogen-bond donors (Lipinski definition) is 0. The summed E-state index contributed by atoms with van der Waals surface area (Å²) in [5.41, 5.74) is 1.19. The van der Waals surface area contributed by atoms with Gasteiger partial charge < -0.3 is 14.4 Å². The first-order valence-corrected chi connectivity index (χ1v) is 11.8. The molecule has 1 aromatic rings. The third kappa shape index (κ3) is 5.01. The van der Waals surface area contributed by atoms with Crippen molar-refractivity contribution in [2.75, 3.05) is 27.3 Å². The molecule has 30 heavy (non-hydrogen) atoms. The van der Waals surface area contributed by atoms with Crippen molar-refractivity contribution in [1.29, 1.82) is 0 Å². The summed E-state index contributed by atoms with van der Waals surface area (Å²) in [6.45, 7) is 1.71. The van der Waals surface area contributed by atoms with Gasteiger partial charge in [0, 0.05) is 19.5 Å². The van der Waals surface area contributed by atoms with E-state index in [-0.39, 0.29) is 0 Å². The van der Waals surface area contributed by atoms with E-state index in [4.69, 9.17) is 9.47 Å². The molecule has 2 bridgehead atoms. The molecule has 2 saturated carbocycles. The summed E-state index contributed by atoms with van der Waals surface area (Å²) >= 11 is 0. The van der Waals surface area contributed by atoms with Gasteiger partial charge in [-0.05, 0) is 67.1 Å². The van der Waals surface area contributed by atoms with Gasteiger partial charge in [-0.3, -0.25) is 4.79 Å². The van der Waals surface area contributed by atoms with Crippen molar-refractivity contribution < 1.29 is 14.3 Å². The quantitative estimate of drug-likeness (QED) is 0.493. The molecule has 4 heteroatoms. The van der Waals surface area contributed by atoms with Gasteiger partial charge in [0.15, 0.2) is 11.5 Å². The van der Waals surface area contributed by atoms with Gasteiger partial charge in [-0.15, -0.1) is 0 Å². The number of allylic oxidation sites excluding steroid dienone is 2. The smallest absolute Gasteiger partial charge is 0.222 e. The fourth-order valence-corrected chi connectivity index (χ4v) is 5.79. The first kappa shape index (κ1) is 21.3. The lowest BCUT2D eigenvalue weighted by Gasteiger charge is -2.29. The van der Waals surface area contributed by atoms with E-state index in [9.17, 15) is 4.79 Å². The van der Waals surface area contributed by atoms with E-state index < -0.39 is 0 Å². The van der Waals surface area contributed by atoms with Crippen LogP contribution in [-0.4, -0.2) is 38.1 Å².